The maximum Gasteiger partial charge on any atom is 0.313 e. The van der Waals surface area contributed by atoms with Crippen LogP contribution >= 0.6 is 34.8 Å². The van der Waals surface area contributed by atoms with Crippen LogP contribution in [0, 0.1) is 5.92 Å². The van der Waals surface area contributed by atoms with E-state index in [1.165, 1.54) is 14.2 Å². The van der Waals surface area contributed by atoms with Crippen molar-refractivity contribution in [2.75, 3.05) is 14.2 Å². The van der Waals surface area contributed by atoms with Crippen molar-refractivity contribution in [3.05, 3.63) is 11.6 Å². The van der Waals surface area contributed by atoms with E-state index in [1.54, 1.807) is 0 Å². The van der Waals surface area contributed by atoms with Crippen LogP contribution < -0.4 is 5.32 Å². The van der Waals surface area contributed by atoms with Gasteiger partial charge in [-0.15, -0.1) is 0 Å². The van der Waals surface area contributed by atoms with E-state index < -0.39 is 45.5 Å². The van der Waals surface area contributed by atoms with Crippen molar-refractivity contribution in [3.8, 4) is 0 Å². The number of nitrogens with one attached hydrogen (secondary N) is 1. The van der Waals surface area contributed by atoms with E-state index in [-0.39, 0.29) is 12.8 Å². The van der Waals surface area contributed by atoms with Crippen molar-refractivity contribution >= 4 is 46.7 Å². The Morgan fingerprint density at radius 2 is 1.67 bits per heavy atom. The number of ether oxygens (including phenoxy) is 2. The monoisotopic (exact) mass is 409 g/mol. The van der Waals surface area contributed by atoms with E-state index >= 15 is 0 Å². The average molecular weight is 411 g/mol. The standard InChI is InChI=1S/C13H19Cl3FNO6/c1-6(11(20)21)10(19)9(17)7(4-5-8(23-2)24-3)18-12(22)13(14,15)16/h6-8,19H,4-5H2,1-3H3,(H,18,22)(H,20,21)/b10-9-/t6-,7+/m1/s1. The fourth-order valence-corrected chi connectivity index (χ4v) is 1.80. The summed E-state index contributed by atoms with van der Waals surface area (Å²) in [5.74, 6) is -6.38. The second-order valence-corrected chi connectivity index (χ2v) is 7.08. The molecule has 3 N–H and O–H groups in total. The largest absolute Gasteiger partial charge is 0.509 e. The van der Waals surface area contributed by atoms with Gasteiger partial charge in [-0.1, -0.05) is 34.8 Å². The first-order valence-corrected chi connectivity index (χ1v) is 7.83. The Morgan fingerprint density at radius 3 is 2.04 bits per heavy atom. The number of aliphatic hydroxyl groups is 1. The molecular weight excluding hydrogens is 392 g/mol. The van der Waals surface area contributed by atoms with Gasteiger partial charge in [0.05, 0.1) is 6.04 Å². The summed E-state index contributed by atoms with van der Waals surface area (Å²) in [7, 11) is 2.72. The summed E-state index contributed by atoms with van der Waals surface area (Å²) in [5.41, 5.74) is 0. The first-order chi connectivity index (χ1) is 10.9. The number of rotatable bonds is 9. The summed E-state index contributed by atoms with van der Waals surface area (Å²) in [6.45, 7) is 1.08. The molecule has 0 bridgehead atoms. The SMILES string of the molecule is COC(CC[C@H](NC(=O)C(Cl)(Cl)Cl)/C(F)=C(/O)[C@@H](C)C(=O)O)OC. The van der Waals surface area contributed by atoms with Crippen molar-refractivity contribution < 1.29 is 33.7 Å². The zero-order chi connectivity index (χ0) is 19.1. The molecule has 0 saturated carbocycles. The molecule has 0 unspecified atom stereocenters. The minimum Gasteiger partial charge on any atom is -0.509 e. The molecule has 0 aliphatic rings. The molecule has 24 heavy (non-hydrogen) atoms. The molecular formula is C13H19Cl3FNO6. The third-order valence-electron chi connectivity index (χ3n) is 3.11. The molecule has 0 aromatic rings. The smallest absolute Gasteiger partial charge is 0.313 e. The maximum atomic E-state index is 14.4. The van der Waals surface area contributed by atoms with Crippen LogP contribution in [-0.2, 0) is 19.1 Å². The Bertz CT molecular complexity index is 479. The molecule has 0 aromatic carbocycles. The van der Waals surface area contributed by atoms with Crippen LogP contribution in [0.4, 0.5) is 4.39 Å². The fourth-order valence-electron chi connectivity index (χ4n) is 1.64. The van der Waals surface area contributed by atoms with Gasteiger partial charge in [0.2, 0.25) is 0 Å². The van der Waals surface area contributed by atoms with Gasteiger partial charge in [0.25, 0.3) is 9.70 Å². The highest BCUT2D eigenvalue weighted by Crippen LogP contribution is 2.28. The van der Waals surface area contributed by atoms with Crippen molar-refractivity contribution in [2.24, 2.45) is 5.92 Å². The van der Waals surface area contributed by atoms with Gasteiger partial charge >= 0.3 is 5.97 Å². The van der Waals surface area contributed by atoms with E-state index in [4.69, 9.17) is 49.4 Å². The predicted molar refractivity (Wildman–Crippen MR) is 86.8 cm³/mol. The number of carboxylic acid groups (broad SMARTS) is 1. The highest BCUT2D eigenvalue weighted by Gasteiger charge is 2.35. The Morgan fingerprint density at radius 1 is 1.17 bits per heavy atom. The van der Waals surface area contributed by atoms with Crippen molar-refractivity contribution in [1.82, 2.24) is 5.32 Å². The fraction of sp³-hybridized carbons (Fsp3) is 0.692. The molecule has 7 nitrogen and oxygen atoms in total. The van der Waals surface area contributed by atoms with Crippen LogP contribution in [0.25, 0.3) is 0 Å². The normalized spacial score (nSPS) is 15.7. The van der Waals surface area contributed by atoms with Gasteiger partial charge in [0.1, 0.15) is 11.7 Å². The maximum absolute atomic E-state index is 14.4. The van der Waals surface area contributed by atoms with Crippen LogP contribution in [0.15, 0.2) is 11.6 Å². The lowest BCUT2D eigenvalue weighted by atomic mass is 10.0. The Balaban J connectivity index is 5.41. The molecule has 0 aliphatic heterocycles. The third kappa shape index (κ3) is 7.40. The molecule has 0 rings (SSSR count). The van der Waals surface area contributed by atoms with Gasteiger partial charge in [-0.05, 0) is 13.3 Å². The number of carbonyl (C=O) groups excluding carboxylic acids is 1. The highest BCUT2D eigenvalue weighted by atomic mass is 35.6. The molecule has 0 fully saturated rings. The molecule has 11 heteroatoms. The zero-order valence-electron chi connectivity index (χ0n) is 13.2. The predicted octanol–water partition coefficient (Wildman–Crippen LogP) is 2.70. The topological polar surface area (TPSA) is 105 Å². The quantitative estimate of drug-likeness (QED) is 0.307. The van der Waals surface area contributed by atoms with Gasteiger partial charge in [-0.2, -0.15) is 0 Å². The van der Waals surface area contributed by atoms with E-state index in [0.717, 1.165) is 6.92 Å². The molecule has 0 heterocycles. The van der Waals surface area contributed by atoms with Gasteiger partial charge < -0.3 is 25.0 Å². The summed E-state index contributed by atoms with van der Waals surface area (Å²) >= 11 is 16.2. The van der Waals surface area contributed by atoms with Crippen LogP contribution in [0.2, 0.25) is 0 Å². The summed E-state index contributed by atoms with van der Waals surface area (Å²) < 4.78 is 21.9. The molecule has 0 aromatic heterocycles. The van der Waals surface area contributed by atoms with Crippen molar-refractivity contribution in [1.29, 1.82) is 0 Å². The minimum atomic E-state index is -2.35. The Hall–Kier alpha value is -0.800. The summed E-state index contributed by atoms with van der Waals surface area (Å²) in [5, 5.41) is 20.7. The highest BCUT2D eigenvalue weighted by molar-refractivity contribution is 6.76. The number of amides is 1. The van der Waals surface area contributed by atoms with Crippen LogP contribution in [-0.4, -0.2) is 52.4 Å². The number of carboxylic acids is 1. The lowest BCUT2D eigenvalue weighted by Crippen LogP contribution is -2.43. The first kappa shape index (κ1) is 23.2. The minimum absolute atomic E-state index is 0.110. The van der Waals surface area contributed by atoms with Gasteiger partial charge in [0, 0.05) is 20.6 Å². The van der Waals surface area contributed by atoms with Gasteiger partial charge in [-0.25, -0.2) is 4.39 Å². The average Bonchev–Trinajstić information content (AvgIpc) is 2.51. The summed E-state index contributed by atoms with van der Waals surface area (Å²) in [4.78, 5) is 22.6. The Kier molecular flexibility index (Phi) is 9.91. The van der Waals surface area contributed by atoms with Crippen LogP contribution in [0.5, 0.6) is 0 Å². The number of alkyl halides is 3. The van der Waals surface area contributed by atoms with Crippen LogP contribution in [0.1, 0.15) is 19.8 Å². The number of methoxy groups -OCH3 is 2. The van der Waals surface area contributed by atoms with Crippen molar-refractivity contribution in [3.63, 3.8) is 0 Å². The number of aliphatic carboxylic acids is 1. The lowest BCUT2D eigenvalue weighted by Gasteiger charge is -2.23. The van der Waals surface area contributed by atoms with E-state index in [1.807, 2.05) is 0 Å². The van der Waals surface area contributed by atoms with Crippen molar-refractivity contribution in [2.45, 2.75) is 35.9 Å². The van der Waals surface area contributed by atoms with Gasteiger partial charge in [-0.3, -0.25) is 9.59 Å². The van der Waals surface area contributed by atoms with Crippen LogP contribution in [0.3, 0.4) is 0 Å². The zero-order valence-corrected chi connectivity index (χ0v) is 15.5. The second-order valence-electron chi connectivity index (χ2n) is 4.80. The molecule has 1 amide bonds. The molecule has 0 spiro atoms. The molecule has 0 saturated heterocycles. The number of carbonyl (C=O) groups is 2. The number of hydrogen-bond donors (Lipinski definition) is 3. The Labute approximate surface area is 153 Å². The van der Waals surface area contributed by atoms with E-state index in [0.29, 0.717) is 0 Å². The summed E-state index contributed by atoms with van der Waals surface area (Å²) in [6, 6.07) is -1.43. The molecule has 2 atom stereocenters. The molecule has 140 valence electrons. The number of aliphatic hydroxyl groups excluding tert-OH is 1. The number of hydrogen-bond acceptors (Lipinski definition) is 5. The third-order valence-corrected chi connectivity index (χ3v) is 3.63. The van der Waals surface area contributed by atoms with Gasteiger partial charge in [0.15, 0.2) is 12.1 Å². The molecule has 0 radical (unpaired) electrons. The molecule has 0 aliphatic carbocycles. The second kappa shape index (κ2) is 10.2. The lowest BCUT2D eigenvalue weighted by molar-refractivity contribution is -0.140. The van der Waals surface area contributed by atoms with E-state index in [2.05, 4.69) is 5.32 Å². The van der Waals surface area contributed by atoms with E-state index in [9.17, 15) is 19.1 Å². The number of halogens is 4. The summed E-state index contributed by atoms with van der Waals surface area (Å²) in [6.07, 6.45) is -0.704. The first-order valence-electron chi connectivity index (χ1n) is 6.70.